The zero-order valence-electron chi connectivity index (χ0n) is 11.7. The van der Waals surface area contributed by atoms with Crippen molar-refractivity contribution in [3.05, 3.63) is 56.4 Å². The molecule has 2 aromatic rings. The first kappa shape index (κ1) is 14.4. The Bertz CT molecular complexity index is 809. The third kappa shape index (κ3) is 2.65. The summed E-state index contributed by atoms with van der Waals surface area (Å²) >= 11 is 0. The van der Waals surface area contributed by atoms with Crippen molar-refractivity contribution in [2.75, 3.05) is 12.8 Å². The first-order valence-electron chi connectivity index (χ1n) is 6.11. The number of hydrogen-bond donors (Lipinski definition) is 1. The zero-order valence-corrected chi connectivity index (χ0v) is 11.7. The van der Waals surface area contributed by atoms with Gasteiger partial charge in [0, 0.05) is 18.8 Å². The van der Waals surface area contributed by atoms with Crippen molar-refractivity contribution in [2.24, 2.45) is 7.05 Å². The lowest BCUT2D eigenvalue weighted by molar-refractivity contribution is 0.407. The molecule has 0 radical (unpaired) electrons. The largest absolute Gasteiger partial charge is 0.496 e. The predicted molar refractivity (Wildman–Crippen MR) is 77.2 cm³/mol. The molecule has 2 rings (SSSR count). The van der Waals surface area contributed by atoms with E-state index in [0.717, 1.165) is 4.57 Å². The summed E-state index contributed by atoms with van der Waals surface area (Å²) in [5.74, 6) is 0.491. The molecule has 0 bridgehead atoms. The highest BCUT2D eigenvalue weighted by atomic mass is 16.5. The Morgan fingerprint density at radius 2 is 2.10 bits per heavy atom. The zero-order chi connectivity index (χ0) is 15.6. The average molecular weight is 286 g/mol. The number of methoxy groups -OCH3 is 1. The second-order valence-electron chi connectivity index (χ2n) is 4.51. The van der Waals surface area contributed by atoms with Crippen LogP contribution in [-0.2, 0) is 13.6 Å². The fraction of sp³-hybridized carbons (Fsp3) is 0.214. The summed E-state index contributed by atoms with van der Waals surface area (Å²) in [6, 6.07) is 6.80. The molecule has 0 atom stereocenters. The fourth-order valence-electron chi connectivity index (χ4n) is 2.03. The van der Waals surface area contributed by atoms with Gasteiger partial charge < -0.3 is 15.0 Å². The van der Waals surface area contributed by atoms with Crippen LogP contribution in [0.15, 0.2) is 34.0 Å². The minimum atomic E-state index is -0.567. The van der Waals surface area contributed by atoms with E-state index in [1.807, 2.05) is 6.07 Å². The molecule has 1 aromatic carbocycles. The van der Waals surface area contributed by atoms with Crippen LogP contribution in [0.1, 0.15) is 11.1 Å². The van der Waals surface area contributed by atoms with E-state index in [1.54, 1.807) is 18.2 Å². The van der Waals surface area contributed by atoms with Gasteiger partial charge in [0.05, 0.1) is 25.3 Å². The van der Waals surface area contributed by atoms with E-state index in [4.69, 9.17) is 15.7 Å². The number of aryl methyl sites for hydroxylation is 1. The standard InChI is InChI=1S/C14H14N4O3/c1-17-8-11(16)13(19)18(14(17)20)7-10-5-9(6-15)3-4-12(10)21-2/h3-5,8H,7,16H2,1-2H3. The maximum Gasteiger partial charge on any atom is 0.331 e. The topological polar surface area (TPSA) is 103 Å². The third-order valence-electron chi connectivity index (χ3n) is 3.10. The summed E-state index contributed by atoms with van der Waals surface area (Å²) in [7, 11) is 2.99. The number of rotatable bonds is 3. The number of anilines is 1. The smallest absolute Gasteiger partial charge is 0.331 e. The number of aromatic nitrogens is 2. The quantitative estimate of drug-likeness (QED) is 0.859. The number of hydrogen-bond acceptors (Lipinski definition) is 5. The van der Waals surface area contributed by atoms with Crippen LogP contribution < -0.4 is 21.7 Å². The molecule has 108 valence electrons. The summed E-state index contributed by atoms with van der Waals surface area (Å²) in [5, 5.41) is 8.94. The molecule has 0 spiro atoms. The molecule has 0 saturated carbocycles. The van der Waals surface area contributed by atoms with E-state index in [0.29, 0.717) is 16.9 Å². The second-order valence-corrected chi connectivity index (χ2v) is 4.51. The number of nitrogens with zero attached hydrogens (tertiary/aromatic N) is 3. The van der Waals surface area contributed by atoms with Gasteiger partial charge in [-0.3, -0.25) is 9.36 Å². The summed E-state index contributed by atoms with van der Waals surface area (Å²) in [6.45, 7) is -0.0186. The van der Waals surface area contributed by atoms with Gasteiger partial charge in [-0.25, -0.2) is 4.79 Å². The van der Waals surface area contributed by atoms with E-state index in [9.17, 15) is 9.59 Å². The van der Waals surface area contributed by atoms with Crippen LogP contribution in [0.3, 0.4) is 0 Å². The molecule has 7 heteroatoms. The fourth-order valence-corrected chi connectivity index (χ4v) is 2.03. The van der Waals surface area contributed by atoms with Crippen LogP contribution in [0.4, 0.5) is 5.69 Å². The van der Waals surface area contributed by atoms with Crippen LogP contribution >= 0.6 is 0 Å². The SMILES string of the molecule is COc1ccc(C#N)cc1Cn1c(=O)c(N)cn(C)c1=O. The summed E-state index contributed by atoms with van der Waals surface area (Å²) in [4.78, 5) is 24.1. The predicted octanol–water partition coefficient (Wildman–Crippen LogP) is 0.0578. The van der Waals surface area contributed by atoms with E-state index in [2.05, 4.69) is 0 Å². The van der Waals surface area contributed by atoms with Gasteiger partial charge in [0.15, 0.2) is 0 Å². The lowest BCUT2D eigenvalue weighted by atomic mass is 10.1. The minimum absolute atomic E-state index is 0.0186. The molecular formula is C14H14N4O3. The molecule has 0 aliphatic heterocycles. The van der Waals surface area contributed by atoms with Crippen LogP contribution in [0.25, 0.3) is 0 Å². The van der Waals surface area contributed by atoms with Crippen molar-refractivity contribution in [1.82, 2.24) is 9.13 Å². The van der Waals surface area contributed by atoms with E-state index in [1.165, 1.54) is 24.9 Å². The van der Waals surface area contributed by atoms with Gasteiger partial charge in [-0.15, -0.1) is 0 Å². The Balaban J connectivity index is 2.61. The minimum Gasteiger partial charge on any atom is -0.496 e. The van der Waals surface area contributed by atoms with Gasteiger partial charge in [0.25, 0.3) is 5.56 Å². The normalized spacial score (nSPS) is 10.1. The molecule has 2 N–H and O–H groups in total. The monoisotopic (exact) mass is 286 g/mol. The Hall–Kier alpha value is -3.01. The maximum atomic E-state index is 12.1. The van der Waals surface area contributed by atoms with Crippen molar-refractivity contribution >= 4 is 5.69 Å². The molecule has 1 aromatic heterocycles. The van der Waals surface area contributed by atoms with Crippen LogP contribution in [0.2, 0.25) is 0 Å². The molecule has 0 fully saturated rings. The highest BCUT2D eigenvalue weighted by Crippen LogP contribution is 2.20. The Labute approximate surface area is 120 Å². The molecule has 0 amide bonds. The summed E-state index contributed by atoms with van der Waals surface area (Å²) < 4.78 is 7.43. The van der Waals surface area contributed by atoms with E-state index < -0.39 is 11.2 Å². The number of nitrogen functional groups attached to an aromatic ring is 1. The van der Waals surface area contributed by atoms with Gasteiger partial charge in [0.2, 0.25) is 0 Å². The maximum absolute atomic E-state index is 12.1. The molecule has 0 unspecified atom stereocenters. The van der Waals surface area contributed by atoms with Crippen LogP contribution in [0.5, 0.6) is 5.75 Å². The van der Waals surface area contributed by atoms with Gasteiger partial charge in [-0.2, -0.15) is 5.26 Å². The van der Waals surface area contributed by atoms with Gasteiger partial charge in [-0.1, -0.05) is 0 Å². The molecule has 1 heterocycles. The molecule has 0 aliphatic carbocycles. The lowest BCUT2D eigenvalue weighted by Gasteiger charge is -2.11. The van der Waals surface area contributed by atoms with Crippen LogP contribution in [0, 0.1) is 11.3 Å². The summed E-state index contributed by atoms with van der Waals surface area (Å²) in [6.07, 6.45) is 1.28. The van der Waals surface area contributed by atoms with Crippen LogP contribution in [-0.4, -0.2) is 16.2 Å². The van der Waals surface area contributed by atoms with Crippen molar-refractivity contribution in [2.45, 2.75) is 6.54 Å². The Morgan fingerprint density at radius 1 is 1.38 bits per heavy atom. The molecule has 0 aliphatic rings. The third-order valence-corrected chi connectivity index (χ3v) is 3.10. The van der Waals surface area contributed by atoms with Gasteiger partial charge in [-0.05, 0) is 18.2 Å². The average Bonchev–Trinajstić information content (AvgIpc) is 2.49. The number of benzene rings is 1. The van der Waals surface area contributed by atoms with Crippen molar-refractivity contribution in [3.8, 4) is 11.8 Å². The first-order chi connectivity index (χ1) is 9.97. The van der Waals surface area contributed by atoms with E-state index >= 15 is 0 Å². The van der Waals surface area contributed by atoms with E-state index in [-0.39, 0.29) is 12.2 Å². The highest BCUT2D eigenvalue weighted by Gasteiger charge is 2.11. The number of ether oxygens (including phenoxy) is 1. The Morgan fingerprint density at radius 3 is 2.71 bits per heavy atom. The molecule has 0 saturated heterocycles. The lowest BCUT2D eigenvalue weighted by Crippen LogP contribution is -2.40. The summed E-state index contributed by atoms with van der Waals surface area (Å²) in [5.41, 5.74) is 5.49. The highest BCUT2D eigenvalue weighted by molar-refractivity contribution is 5.42. The van der Waals surface area contributed by atoms with Crippen molar-refractivity contribution < 1.29 is 4.74 Å². The first-order valence-corrected chi connectivity index (χ1v) is 6.11. The molecule has 21 heavy (non-hydrogen) atoms. The second kappa shape index (κ2) is 5.54. The Kier molecular flexibility index (Phi) is 3.80. The van der Waals surface area contributed by atoms with Gasteiger partial charge in [0.1, 0.15) is 11.4 Å². The van der Waals surface area contributed by atoms with Gasteiger partial charge >= 0.3 is 5.69 Å². The number of nitriles is 1. The number of nitrogens with two attached hydrogens (primary N) is 1. The molecule has 7 nitrogen and oxygen atoms in total. The molecular weight excluding hydrogens is 272 g/mol. The van der Waals surface area contributed by atoms with Crippen molar-refractivity contribution in [1.29, 1.82) is 5.26 Å². The van der Waals surface area contributed by atoms with Crippen molar-refractivity contribution in [3.63, 3.8) is 0 Å².